The minimum Gasteiger partial charge on any atom is -0.497 e. The highest BCUT2D eigenvalue weighted by molar-refractivity contribution is 5.36. The van der Waals surface area contributed by atoms with Crippen molar-refractivity contribution < 1.29 is 4.74 Å². The van der Waals surface area contributed by atoms with Crippen molar-refractivity contribution in [2.45, 2.75) is 25.8 Å². The van der Waals surface area contributed by atoms with Crippen LogP contribution in [0.25, 0.3) is 0 Å². The number of ether oxygens (including phenoxy) is 1. The molecule has 19 heavy (non-hydrogen) atoms. The summed E-state index contributed by atoms with van der Waals surface area (Å²) in [5.41, 5.74) is 9.76. The molecule has 0 fully saturated rings. The third kappa shape index (κ3) is 3.15. The molecule has 0 saturated carbocycles. The van der Waals surface area contributed by atoms with Crippen molar-refractivity contribution >= 4 is 0 Å². The summed E-state index contributed by atoms with van der Waals surface area (Å²) in [4.78, 5) is 0. The van der Waals surface area contributed by atoms with Crippen LogP contribution in [0.4, 0.5) is 0 Å². The Hall–Kier alpha value is -1.80. The molecule has 2 rings (SSSR count). The molecule has 0 radical (unpaired) electrons. The van der Waals surface area contributed by atoms with Gasteiger partial charge in [0.1, 0.15) is 5.75 Å². The molecule has 0 aliphatic rings. The number of nitrogens with two attached hydrogens (primary N) is 1. The van der Waals surface area contributed by atoms with Gasteiger partial charge in [0, 0.05) is 5.54 Å². The first-order valence-electron chi connectivity index (χ1n) is 6.51. The standard InChI is InChI=1S/C17H21NO/c1-13-7-4-5-8-14(13)12-17(2,18)15-9-6-10-16(11-15)19-3/h4-11H,12,18H2,1-3H3. The van der Waals surface area contributed by atoms with Crippen LogP contribution < -0.4 is 10.5 Å². The fraction of sp³-hybridized carbons (Fsp3) is 0.294. The lowest BCUT2D eigenvalue weighted by atomic mass is 9.85. The molecule has 0 spiro atoms. The summed E-state index contributed by atoms with van der Waals surface area (Å²) in [5, 5.41) is 0. The van der Waals surface area contributed by atoms with Crippen molar-refractivity contribution in [3.05, 3.63) is 65.2 Å². The minimum absolute atomic E-state index is 0.402. The van der Waals surface area contributed by atoms with Gasteiger partial charge in [-0.2, -0.15) is 0 Å². The van der Waals surface area contributed by atoms with E-state index in [1.54, 1.807) is 7.11 Å². The lowest BCUT2D eigenvalue weighted by Gasteiger charge is -2.26. The third-order valence-electron chi connectivity index (χ3n) is 3.55. The Labute approximate surface area is 115 Å². The van der Waals surface area contributed by atoms with Gasteiger partial charge in [-0.15, -0.1) is 0 Å². The predicted molar refractivity (Wildman–Crippen MR) is 79.4 cm³/mol. The summed E-state index contributed by atoms with van der Waals surface area (Å²) in [5.74, 6) is 0.846. The number of methoxy groups -OCH3 is 1. The Morgan fingerprint density at radius 1 is 1.11 bits per heavy atom. The van der Waals surface area contributed by atoms with Gasteiger partial charge >= 0.3 is 0 Å². The molecule has 0 bridgehead atoms. The number of hydrogen-bond donors (Lipinski definition) is 1. The highest BCUT2D eigenvalue weighted by Crippen LogP contribution is 2.26. The second-order valence-electron chi connectivity index (χ2n) is 5.25. The largest absolute Gasteiger partial charge is 0.497 e. The van der Waals surface area contributed by atoms with Gasteiger partial charge in [0.25, 0.3) is 0 Å². The van der Waals surface area contributed by atoms with E-state index in [4.69, 9.17) is 10.5 Å². The second kappa shape index (κ2) is 5.45. The molecule has 2 N–H and O–H groups in total. The summed E-state index contributed by atoms with van der Waals surface area (Å²) < 4.78 is 5.27. The average Bonchev–Trinajstić information content (AvgIpc) is 2.41. The molecule has 0 saturated heterocycles. The zero-order valence-corrected chi connectivity index (χ0v) is 11.8. The highest BCUT2D eigenvalue weighted by Gasteiger charge is 2.22. The maximum Gasteiger partial charge on any atom is 0.119 e. The molecule has 0 aromatic heterocycles. The van der Waals surface area contributed by atoms with Crippen molar-refractivity contribution in [1.29, 1.82) is 0 Å². The van der Waals surface area contributed by atoms with Crippen molar-refractivity contribution in [2.24, 2.45) is 5.73 Å². The second-order valence-corrected chi connectivity index (χ2v) is 5.25. The fourth-order valence-corrected chi connectivity index (χ4v) is 2.28. The summed E-state index contributed by atoms with van der Waals surface area (Å²) in [6.45, 7) is 4.19. The molecule has 2 aromatic rings. The Balaban J connectivity index is 2.29. The quantitative estimate of drug-likeness (QED) is 0.908. The van der Waals surface area contributed by atoms with E-state index in [-0.39, 0.29) is 0 Å². The summed E-state index contributed by atoms with van der Waals surface area (Å²) in [7, 11) is 1.67. The van der Waals surface area contributed by atoms with Crippen LogP contribution >= 0.6 is 0 Å². The Kier molecular flexibility index (Phi) is 3.91. The maximum atomic E-state index is 6.51. The smallest absolute Gasteiger partial charge is 0.119 e. The van der Waals surface area contributed by atoms with Crippen LogP contribution in [-0.4, -0.2) is 7.11 Å². The van der Waals surface area contributed by atoms with Crippen LogP contribution in [0.15, 0.2) is 48.5 Å². The van der Waals surface area contributed by atoms with E-state index in [1.807, 2.05) is 18.2 Å². The summed E-state index contributed by atoms with van der Waals surface area (Å²) >= 11 is 0. The molecule has 0 aliphatic carbocycles. The molecular formula is C17H21NO. The van der Waals surface area contributed by atoms with Crippen molar-refractivity contribution in [3.63, 3.8) is 0 Å². The van der Waals surface area contributed by atoms with E-state index in [9.17, 15) is 0 Å². The van der Waals surface area contributed by atoms with Gasteiger partial charge in [0.05, 0.1) is 7.11 Å². The fourth-order valence-electron chi connectivity index (χ4n) is 2.28. The molecular weight excluding hydrogens is 234 g/mol. The monoisotopic (exact) mass is 255 g/mol. The van der Waals surface area contributed by atoms with Gasteiger partial charge in [-0.1, -0.05) is 36.4 Å². The van der Waals surface area contributed by atoms with E-state index in [0.29, 0.717) is 0 Å². The van der Waals surface area contributed by atoms with E-state index in [1.165, 1.54) is 11.1 Å². The molecule has 2 aromatic carbocycles. The van der Waals surface area contributed by atoms with Gasteiger partial charge in [0.2, 0.25) is 0 Å². The first kappa shape index (κ1) is 13.6. The van der Waals surface area contributed by atoms with Crippen LogP contribution in [0, 0.1) is 6.92 Å². The Morgan fingerprint density at radius 3 is 2.53 bits per heavy atom. The first-order valence-corrected chi connectivity index (χ1v) is 6.51. The molecule has 2 heteroatoms. The van der Waals surface area contributed by atoms with Crippen LogP contribution in [-0.2, 0) is 12.0 Å². The van der Waals surface area contributed by atoms with Gasteiger partial charge in [-0.05, 0) is 49.1 Å². The van der Waals surface area contributed by atoms with Crippen LogP contribution in [0.5, 0.6) is 5.75 Å². The third-order valence-corrected chi connectivity index (χ3v) is 3.55. The van der Waals surface area contributed by atoms with Gasteiger partial charge < -0.3 is 10.5 Å². The van der Waals surface area contributed by atoms with Crippen LogP contribution in [0.3, 0.4) is 0 Å². The Morgan fingerprint density at radius 2 is 1.84 bits per heavy atom. The lowest BCUT2D eigenvalue weighted by Crippen LogP contribution is -2.35. The number of aryl methyl sites for hydroxylation is 1. The van der Waals surface area contributed by atoms with Gasteiger partial charge in [-0.3, -0.25) is 0 Å². The summed E-state index contributed by atoms with van der Waals surface area (Å²) in [6.07, 6.45) is 0.812. The number of rotatable bonds is 4. The molecule has 1 unspecified atom stereocenters. The van der Waals surface area contributed by atoms with Crippen molar-refractivity contribution in [1.82, 2.24) is 0 Å². The molecule has 0 heterocycles. The lowest BCUT2D eigenvalue weighted by molar-refractivity contribution is 0.410. The molecule has 1 atom stereocenters. The van der Waals surface area contributed by atoms with Crippen LogP contribution in [0.1, 0.15) is 23.6 Å². The predicted octanol–water partition coefficient (Wildman–Crippen LogP) is 3.42. The average molecular weight is 255 g/mol. The van der Waals surface area contributed by atoms with E-state index >= 15 is 0 Å². The van der Waals surface area contributed by atoms with Gasteiger partial charge in [-0.25, -0.2) is 0 Å². The molecule has 2 nitrogen and oxygen atoms in total. The molecule has 0 amide bonds. The molecule has 0 aliphatic heterocycles. The van der Waals surface area contributed by atoms with Crippen LogP contribution in [0.2, 0.25) is 0 Å². The van der Waals surface area contributed by atoms with Crippen molar-refractivity contribution in [2.75, 3.05) is 7.11 Å². The van der Waals surface area contributed by atoms with E-state index in [0.717, 1.165) is 17.7 Å². The molecule has 100 valence electrons. The first-order chi connectivity index (χ1) is 9.03. The van der Waals surface area contributed by atoms with E-state index < -0.39 is 5.54 Å². The number of benzene rings is 2. The van der Waals surface area contributed by atoms with Crippen molar-refractivity contribution in [3.8, 4) is 5.75 Å². The minimum atomic E-state index is -0.402. The zero-order valence-electron chi connectivity index (χ0n) is 11.8. The summed E-state index contributed by atoms with van der Waals surface area (Å²) in [6, 6.07) is 16.4. The maximum absolute atomic E-state index is 6.51. The topological polar surface area (TPSA) is 35.2 Å². The number of hydrogen-bond acceptors (Lipinski definition) is 2. The van der Waals surface area contributed by atoms with E-state index in [2.05, 4.69) is 44.2 Å². The SMILES string of the molecule is COc1cccc(C(C)(N)Cc2ccccc2C)c1. The Bertz CT molecular complexity index is 561. The zero-order chi connectivity index (χ0) is 13.9. The highest BCUT2D eigenvalue weighted by atomic mass is 16.5. The normalized spacial score (nSPS) is 13.9. The van der Waals surface area contributed by atoms with Gasteiger partial charge in [0.15, 0.2) is 0 Å².